The predicted molar refractivity (Wildman–Crippen MR) is 537 cm³/mol. The van der Waals surface area contributed by atoms with Gasteiger partial charge >= 0.3 is 33.6 Å². The van der Waals surface area contributed by atoms with E-state index in [1.807, 2.05) is 0 Å². The summed E-state index contributed by atoms with van der Waals surface area (Å²) in [6.07, 6.45) is 133. The van der Waals surface area contributed by atoms with Crippen molar-refractivity contribution in [2.45, 2.75) is 437 Å². The van der Waals surface area contributed by atoms with E-state index in [-0.39, 0.29) is 19.3 Å². The van der Waals surface area contributed by atoms with Crippen LogP contribution >= 0.6 is 15.6 Å². The van der Waals surface area contributed by atoms with Crippen molar-refractivity contribution in [1.29, 1.82) is 0 Å². The number of aliphatic hydroxyl groups is 2. The van der Waals surface area contributed by atoms with Crippen LogP contribution in [0, 0.1) is 0 Å². The van der Waals surface area contributed by atoms with Crippen molar-refractivity contribution >= 4 is 33.6 Å². The van der Waals surface area contributed by atoms with Crippen LogP contribution in [0.4, 0.5) is 0 Å². The Labute approximate surface area is 776 Å². The standard InChI is InChI=1S/C109H184O16P2/c1-4-7-10-13-16-19-22-25-28-31-34-37-40-43-46-48-49-50-51-52-53-55-58-59-62-65-68-71-74-77-80-83-86-89-92-95-107(112)119-98-104(110)99-121-126(115,116)122-100-105(111)101-123-127(117,118)124-103-106(125-109(114)97-94-91-88-85-82-79-76-73-70-67-64-61-56-45-42-39-36-33-30-27-24-21-18-15-12-9-6-3)102-120-108(113)96-93-90-87-84-81-78-75-72-69-66-63-60-57-54-47-44-41-38-35-32-29-26-23-20-17-14-11-8-5-2/h7,9-10,12,16-21,25-30,34-39,43-47,49-50,56,64,67,104-106,110-111H,4-6,8,11,13-15,22-24,31-33,40-42,48,51-55,57-63,65-66,68-103H2,1-3H3,(H,115,116)(H,117,118)/b10-7-,12-9-,19-16-,20-17-,21-18-,28-25-,29-26-,30-27-,37-34-,38-35-,39-36-,46-43-,47-44-,50-49-,56-45-,67-64-. The molecule has 0 aliphatic rings. The number of ether oxygens (including phenoxy) is 3. The van der Waals surface area contributed by atoms with Crippen molar-refractivity contribution in [3.05, 3.63) is 194 Å². The highest BCUT2D eigenvalue weighted by molar-refractivity contribution is 7.47. The van der Waals surface area contributed by atoms with Crippen LogP contribution in [0.1, 0.15) is 419 Å². The monoisotopic (exact) mass is 1810 g/mol. The average molecular weight is 1810 g/mol. The molecule has 0 bridgehead atoms. The highest BCUT2D eigenvalue weighted by atomic mass is 31.2. The molecule has 16 nitrogen and oxygen atoms in total. The van der Waals surface area contributed by atoms with Gasteiger partial charge in [-0.15, -0.1) is 0 Å². The molecular weight excluding hydrogens is 1630 g/mol. The Morgan fingerprint density at radius 2 is 0.417 bits per heavy atom. The summed E-state index contributed by atoms with van der Waals surface area (Å²) in [5.41, 5.74) is 0. The number of phosphoric acid groups is 2. The molecule has 4 N–H and O–H groups in total. The molecular formula is C109H184O16P2. The van der Waals surface area contributed by atoms with Crippen LogP contribution < -0.4 is 0 Å². The fourth-order valence-electron chi connectivity index (χ4n) is 13.7. The molecule has 0 heterocycles. The first kappa shape index (κ1) is 121. The maximum absolute atomic E-state index is 13.1. The Kier molecular flexibility index (Phi) is 95.0. The van der Waals surface area contributed by atoms with Gasteiger partial charge < -0.3 is 34.2 Å². The van der Waals surface area contributed by atoms with Crippen LogP contribution in [0.3, 0.4) is 0 Å². The third kappa shape index (κ3) is 101. The number of carbonyl (C=O) groups is 3. The first-order valence-corrected chi connectivity index (χ1v) is 53.7. The predicted octanol–water partition coefficient (Wildman–Crippen LogP) is 32.1. The summed E-state index contributed by atoms with van der Waals surface area (Å²) in [5, 5.41) is 20.8. The number of aliphatic hydroxyl groups excluding tert-OH is 2. The van der Waals surface area contributed by atoms with Gasteiger partial charge in [0.2, 0.25) is 0 Å². The smallest absolute Gasteiger partial charge is 0.463 e. The van der Waals surface area contributed by atoms with Crippen molar-refractivity contribution < 1.29 is 75.8 Å². The Bertz CT molecular complexity index is 3090. The van der Waals surface area contributed by atoms with Gasteiger partial charge in [0, 0.05) is 19.3 Å². The summed E-state index contributed by atoms with van der Waals surface area (Å²) in [6.45, 7) is 2.47. The van der Waals surface area contributed by atoms with Crippen molar-refractivity contribution in [1.82, 2.24) is 0 Å². The topological polar surface area (TPSA) is 231 Å². The van der Waals surface area contributed by atoms with Gasteiger partial charge in [0.25, 0.3) is 0 Å². The number of phosphoric ester groups is 2. The minimum absolute atomic E-state index is 0.0892. The van der Waals surface area contributed by atoms with Crippen LogP contribution in [-0.2, 0) is 55.8 Å². The fourth-order valence-corrected chi connectivity index (χ4v) is 15.3. The number of carbonyl (C=O) groups excluding carboxylic acids is 3. The number of unbranched alkanes of at least 4 members (excludes halogenated alkanes) is 40. The van der Waals surface area contributed by atoms with Crippen LogP contribution in [0.5, 0.6) is 0 Å². The second-order valence-corrected chi connectivity index (χ2v) is 36.4. The minimum Gasteiger partial charge on any atom is -0.463 e. The number of allylic oxidation sites excluding steroid dienone is 32. The molecule has 0 saturated carbocycles. The molecule has 0 saturated heterocycles. The second kappa shape index (κ2) is 99.4. The lowest BCUT2D eigenvalue weighted by Gasteiger charge is -2.21. The lowest BCUT2D eigenvalue weighted by molar-refractivity contribution is -0.161. The van der Waals surface area contributed by atoms with Crippen molar-refractivity contribution in [2.24, 2.45) is 0 Å². The molecule has 0 aromatic carbocycles. The summed E-state index contributed by atoms with van der Waals surface area (Å²) in [5.74, 6) is -1.58. The molecule has 0 rings (SSSR count). The lowest BCUT2D eigenvalue weighted by Crippen LogP contribution is -2.30. The number of hydrogen-bond acceptors (Lipinski definition) is 14. The van der Waals surface area contributed by atoms with Crippen molar-refractivity contribution in [3.63, 3.8) is 0 Å². The summed E-state index contributed by atoms with van der Waals surface area (Å²) in [7, 11) is -9.83. The molecule has 0 fully saturated rings. The summed E-state index contributed by atoms with van der Waals surface area (Å²) >= 11 is 0. The molecule has 0 amide bonds. The summed E-state index contributed by atoms with van der Waals surface area (Å²) < 4.78 is 61.7. The van der Waals surface area contributed by atoms with Crippen molar-refractivity contribution in [2.75, 3.05) is 39.6 Å². The Morgan fingerprint density at radius 1 is 0.228 bits per heavy atom. The van der Waals surface area contributed by atoms with Gasteiger partial charge in [-0.1, -0.05) is 427 Å². The zero-order valence-corrected chi connectivity index (χ0v) is 82.2. The minimum atomic E-state index is -4.95. The zero-order chi connectivity index (χ0) is 92.1. The highest BCUT2D eigenvalue weighted by Gasteiger charge is 2.30. The first-order chi connectivity index (χ1) is 62.2. The number of esters is 3. The van der Waals surface area contributed by atoms with E-state index < -0.39 is 91.5 Å². The van der Waals surface area contributed by atoms with E-state index in [4.69, 9.17) is 32.3 Å². The molecule has 0 aliphatic carbocycles. The van der Waals surface area contributed by atoms with Gasteiger partial charge in [-0.2, -0.15) is 0 Å². The van der Waals surface area contributed by atoms with E-state index in [1.165, 1.54) is 167 Å². The average Bonchev–Trinajstić information content (AvgIpc) is 0.898. The third-order valence-electron chi connectivity index (χ3n) is 21.3. The molecule has 0 aromatic heterocycles. The van der Waals surface area contributed by atoms with E-state index >= 15 is 0 Å². The van der Waals surface area contributed by atoms with Crippen molar-refractivity contribution in [3.8, 4) is 0 Å². The van der Waals surface area contributed by atoms with Gasteiger partial charge in [-0.05, 0) is 167 Å². The van der Waals surface area contributed by atoms with Crippen LogP contribution in [0.2, 0.25) is 0 Å². The summed E-state index contributed by atoms with van der Waals surface area (Å²) in [4.78, 5) is 59.2. The molecule has 127 heavy (non-hydrogen) atoms. The highest BCUT2D eigenvalue weighted by Crippen LogP contribution is 2.45. The second-order valence-electron chi connectivity index (χ2n) is 33.5. The van der Waals surface area contributed by atoms with Gasteiger partial charge in [0.1, 0.15) is 25.4 Å². The Morgan fingerprint density at radius 3 is 0.661 bits per heavy atom. The molecule has 0 spiro atoms. The number of rotatable bonds is 95. The van der Waals surface area contributed by atoms with Gasteiger partial charge in [0.15, 0.2) is 6.10 Å². The molecule has 0 aliphatic heterocycles. The maximum atomic E-state index is 13.1. The molecule has 0 radical (unpaired) electrons. The maximum Gasteiger partial charge on any atom is 0.472 e. The largest absolute Gasteiger partial charge is 0.472 e. The van der Waals surface area contributed by atoms with E-state index in [9.17, 15) is 43.5 Å². The SMILES string of the molecule is CC/C=C\C/C=C\C/C=C\C/C=C\C/C=C\C/C=C\CCCCCCCCCCCCCCCCCCC(=O)OCC(O)COP(=O)(O)OCC(O)COP(=O)(O)OCC(COC(=O)CCCCCCCCCCCCCCC/C=C\C/C=C\C/C=C\C/C=C\CCCCC)OC(=O)CCCCCCCCCC/C=C\C/C=C\C/C=C\C/C=C\C/C=C\C/C=C\CC. The normalized spacial score (nSPS) is 14.5. The van der Waals surface area contributed by atoms with Gasteiger partial charge in [-0.3, -0.25) is 32.5 Å². The molecule has 18 heteroatoms. The van der Waals surface area contributed by atoms with Gasteiger partial charge in [0.05, 0.1) is 26.4 Å². The number of hydrogen-bond donors (Lipinski definition) is 4. The molecule has 5 unspecified atom stereocenters. The molecule has 5 atom stereocenters. The molecule has 726 valence electrons. The Balaban J connectivity index is 4.61. The van der Waals surface area contributed by atoms with Crippen LogP contribution in [0.15, 0.2) is 194 Å². The molecule has 0 aromatic rings. The zero-order valence-electron chi connectivity index (χ0n) is 80.4. The summed E-state index contributed by atoms with van der Waals surface area (Å²) in [6, 6.07) is 0. The van der Waals surface area contributed by atoms with E-state index in [0.717, 1.165) is 193 Å². The van der Waals surface area contributed by atoms with E-state index in [1.54, 1.807) is 0 Å². The van der Waals surface area contributed by atoms with E-state index in [2.05, 4.69) is 215 Å². The quantitative estimate of drug-likeness (QED) is 0.0146. The Hall–Kier alpha value is -5.61. The van der Waals surface area contributed by atoms with Crippen LogP contribution in [-0.4, -0.2) is 95.9 Å². The van der Waals surface area contributed by atoms with Crippen LogP contribution in [0.25, 0.3) is 0 Å². The first-order valence-electron chi connectivity index (χ1n) is 50.7. The third-order valence-corrected chi connectivity index (χ3v) is 23.2. The van der Waals surface area contributed by atoms with E-state index in [0.29, 0.717) is 19.3 Å². The fraction of sp³-hybridized carbons (Fsp3) is 0.679. The van der Waals surface area contributed by atoms with Gasteiger partial charge in [-0.25, -0.2) is 9.13 Å². The lowest BCUT2D eigenvalue weighted by atomic mass is 10.0.